The Balaban J connectivity index is 3.57. The molecule has 114 valence electrons. The van der Waals surface area contributed by atoms with Crippen molar-refractivity contribution in [3.05, 3.63) is 0 Å². The molecule has 1 N–H and O–H groups in total. The lowest BCUT2D eigenvalue weighted by molar-refractivity contribution is -0.156. The van der Waals surface area contributed by atoms with Crippen molar-refractivity contribution in [2.75, 3.05) is 45.2 Å². The quantitative estimate of drug-likeness (QED) is 0.433. The number of rotatable bonds is 12. The van der Waals surface area contributed by atoms with Crippen LogP contribution in [0.15, 0.2) is 0 Å². The van der Waals surface area contributed by atoms with Gasteiger partial charge in [-0.1, -0.05) is 25.6 Å². The largest absolute Gasteiger partial charge is 0.391 e. The third-order valence-electron chi connectivity index (χ3n) is 2.68. The average molecular weight is 293 g/mol. The molecular formula is C13H27NO4S. The molecule has 0 amide bonds. The van der Waals surface area contributed by atoms with Gasteiger partial charge in [0.05, 0.1) is 13.2 Å². The molecular weight excluding hydrogens is 266 g/mol. The van der Waals surface area contributed by atoms with Crippen LogP contribution in [0.25, 0.3) is 0 Å². The fourth-order valence-corrected chi connectivity index (χ4v) is 2.18. The number of hydrogen-bond acceptors (Lipinski definition) is 6. The summed E-state index contributed by atoms with van der Waals surface area (Å²) in [5.41, 5.74) is 0. The van der Waals surface area contributed by atoms with Crippen LogP contribution in [0, 0.1) is 0 Å². The van der Waals surface area contributed by atoms with E-state index in [4.69, 9.17) is 14.6 Å². The molecule has 0 heterocycles. The van der Waals surface area contributed by atoms with Crippen molar-refractivity contribution in [2.45, 2.75) is 33.5 Å². The average Bonchev–Trinajstić information content (AvgIpc) is 2.43. The van der Waals surface area contributed by atoms with Crippen molar-refractivity contribution in [1.29, 1.82) is 0 Å². The van der Waals surface area contributed by atoms with Gasteiger partial charge in [-0.15, -0.1) is 0 Å². The SMILES string of the molecule is CCOC(CO)OCCSC(=O)CCN(CC)CC. The Hall–Kier alpha value is -0.140. The second-order valence-electron chi connectivity index (χ2n) is 3.94. The molecule has 0 saturated carbocycles. The van der Waals surface area contributed by atoms with Crippen molar-refractivity contribution in [2.24, 2.45) is 0 Å². The first-order valence-electron chi connectivity index (χ1n) is 6.89. The summed E-state index contributed by atoms with van der Waals surface area (Å²) < 4.78 is 10.4. The molecule has 0 aliphatic heterocycles. The molecule has 19 heavy (non-hydrogen) atoms. The van der Waals surface area contributed by atoms with Crippen LogP contribution in [-0.2, 0) is 14.3 Å². The van der Waals surface area contributed by atoms with Gasteiger partial charge in [-0.05, 0) is 20.0 Å². The van der Waals surface area contributed by atoms with Crippen LogP contribution in [0.2, 0.25) is 0 Å². The predicted molar refractivity (Wildman–Crippen MR) is 78.3 cm³/mol. The molecule has 0 spiro atoms. The topological polar surface area (TPSA) is 59.0 Å². The predicted octanol–water partition coefficient (Wildman–Crippen LogP) is 1.35. The Morgan fingerprint density at radius 1 is 1.26 bits per heavy atom. The number of nitrogens with zero attached hydrogens (tertiary/aromatic N) is 1. The first-order valence-corrected chi connectivity index (χ1v) is 7.88. The monoisotopic (exact) mass is 293 g/mol. The summed E-state index contributed by atoms with van der Waals surface area (Å²) in [4.78, 5) is 13.8. The second-order valence-corrected chi connectivity index (χ2v) is 5.09. The van der Waals surface area contributed by atoms with E-state index in [2.05, 4.69) is 18.7 Å². The van der Waals surface area contributed by atoms with E-state index in [1.807, 2.05) is 6.92 Å². The van der Waals surface area contributed by atoms with E-state index in [0.29, 0.717) is 25.4 Å². The lowest BCUT2D eigenvalue weighted by Gasteiger charge is -2.17. The van der Waals surface area contributed by atoms with E-state index in [1.54, 1.807) is 0 Å². The van der Waals surface area contributed by atoms with E-state index >= 15 is 0 Å². The zero-order chi connectivity index (χ0) is 14.5. The maximum Gasteiger partial charge on any atom is 0.190 e. The highest BCUT2D eigenvalue weighted by Crippen LogP contribution is 2.07. The van der Waals surface area contributed by atoms with E-state index < -0.39 is 6.29 Å². The molecule has 1 unspecified atom stereocenters. The molecule has 0 radical (unpaired) electrons. The van der Waals surface area contributed by atoms with Gasteiger partial charge in [0.1, 0.15) is 0 Å². The van der Waals surface area contributed by atoms with Crippen molar-refractivity contribution >= 4 is 16.9 Å². The Morgan fingerprint density at radius 3 is 2.47 bits per heavy atom. The molecule has 0 aromatic carbocycles. The molecule has 0 fully saturated rings. The van der Waals surface area contributed by atoms with Gasteiger partial charge in [0.15, 0.2) is 11.4 Å². The number of ether oxygens (including phenoxy) is 2. The lowest BCUT2D eigenvalue weighted by Crippen LogP contribution is -2.25. The molecule has 0 rings (SSSR count). The van der Waals surface area contributed by atoms with Crippen molar-refractivity contribution in [3.63, 3.8) is 0 Å². The van der Waals surface area contributed by atoms with Crippen molar-refractivity contribution in [3.8, 4) is 0 Å². The molecule has 5 nitrogen and oxygen atoms in total. The summed E-state index contributed by atoms with van der Waals surface area (Å²) in [6.45, 7) is 9.56. The fourth-order valence-electron chi connectivity index (χ4n) is 1.54. The van der Waals surface area contributed by atoms with Gasteiger partial charge in [0.25, 0.3) is 0 Å². The van der Waals surface area contributed by atoms with Gasteiger partial charge in [-0.3, -0.25) is 4.79 Å². The van der Waals surface area contributed by atoms with Crippen molar-refractivity contribution in [1.82, 2.24) is 4.90 Å². The van der Waals surface area contributed by atoms with Crippen LogP contribution in [0.1, 0.15) is 27.2 Å². The summed E-state index contributed by atoms with van der Waals surface area (Å²) >= 11 is 1.28. The minimum Gasteiger partial charge on any atom is -0.391 e. The minimum absolute atomic E-state index is 0.158. The lowest BCUT2D eigenvalue weighted by atomic mass is 10.4. The smallest absolute Gasteiger partial charge is 0.190 e. The summed E-state index contributed by atoms with van der Waals surface area (Å²) in [6.07, 6.45) is -0.00213. The van der Waals surface area contributed by atoms with Gasteiger partial charge in [-0.2, -0.15) is 0 Å². The summed E-state index contributed by atoms with van der Waals surface area (Å²) in [5, 5.41) is 9.12. The van der Waals surface area contributed by atoms with Crippen LogP contribution in [0.5, 0.6) is 0 Å². The minimum atomic E-state index is -0.573. The van der Waals surface area contributed by atoms with Crippen LogP contribution < -0.4 is 0 Å². The number of hydrogen-bond donors (Lipinski definition) is 1. The summed E-state index contributed by atoms with van der Waals surface area (Å²) in [6, 6.07) is 0. The molecule has 0 saturated heterocycles. The first-order chi connectivity index (χ1) is 9.17. The summed E-state index contributed by atoms with van der Waals surface area (Å²) in [5.74, 6) is 0.598. The Labute approximate surface area is 120 Å². The normalized spacial score (nSPS) is 12.9. The molecule has 0 aromatic rings. The molecule has 0 aliphatic rings. The number of carbonyl (C=O) groups is 1. The van der Waals surface area contributed by atoms with E-state index in [1.165, 1.54) is 11.8 Å². The highest BCUT2D eigenvalue weighted by atomic mass is 32.2. The second kappa shape index (κ2) is 12.9. The maximum absolute atomic E-state index is 11.6. The van der Waals surface area contributed by atoms with Gasteiger partial charge in [-0.25, -0.2) is 0 Å². The van der Waals surface area contributed by atoms with E-state index in [0.717, 1.165) is 19.6 Å². The number of aliphatic hydroxyl groups excluding tert-OH is 1. The van der Waals surface area contributed by atoms with Crippen molar-refractivity contribution < 1.29 is 19.4 Å². The van der Waals surface area contributed by atoms with Crippen LogP contribution in [0.3, 0.4) is 0 Å². The van der Waals surface area contributed by atoms with Gasteiger partial charge in [0, 0.05) is 25.3 Å². The highest BCUT2D eigenvalue weighted by Gasteiger charge is 2.08. The highest BCUT2D eigenvalue weighted by molar-refractivity contribution is 8.13. The molecule has 0 aromatic heterocycles. The number of thioether (sulfide) groups is 1. The fraction of sp³-hybridized carbons (Fsp3) is 0.923. The Morgan fingerprint density at radius 2 is 1.95 bits per heavy atom. The number of aliphatic hydroxyl groups is 1. The molecule has 1 atom stereocenters. The zero-order valence-electron chi connectivity index (χ0n) is 12.3. The van der Waals surface area contributed by atoms with Crippen LogP contribution in [-0.4, -0.2) is 66.6 Å². The van der Waals surface area contributed by atoms with Crippen LogP contribution in [0.4, 0.5) is 0 Å². The number of carbonyl (C=O) groups excluding carboxylic acids is 1. The Bertz CT molecular complexity index is 225. The van der Waals surface area contributed by atoms with E-state index in [-0.39, 0.29) is 11.7 Å². The molecule has 0 aliphatic carbocycles. The standard InChI is InChI=1S/C13H27NO4S/c1-4-14(5-2)8-7-12(16)19-10-9-18-13(11-15)17-6-3/h13,15H,4-11H2,1-3H3. The zero-order valence-corrected chi connectivity index (χ0v) is 13.1. The van der Waals surface area contributed by atoms with Gasteiger partial charge in [0.2, 0.25) is 0 Å². The maximum atomic E-state index is 11.6. The molecule has 0 bridgehead atoms. The summed E-state index contributed by atoms with van der Waals surface area (Å²) in [7, 11) is 0. The van der Waals surface area contributed by atoms with E-state index in [9.17, 15) is 4.79 Å². The first kappa shape index (κ1) is 18.9. The third-order valence-corrected chi connectivity index (χ3v) is 3.58. The van der Waals surface area contributed by atoms with Gasteiger partial charge < -0.3 is 19.5 Å². The van der Waals surface area contributed by atoms with Gasteiger partial charge >= 0.3 is 0 Å². The third kappa shape index (κ3) is 10.3. The van der Waals surface area contributed by atoms with Crippen LogP contribution >= 0.6 is 11.8 Å². The Kier molecular flexibility index (Phi) is 12.8. The molecule has 6 heteroatoms.